The molecule has 2 bridgehead atoms. The third-order valence-corrected chi connectivity index (χ3v) is 7.64. The molecule has 0 aromatic heterocycles. The average molecular weight is 432 g/mol. The van der Waals surface area contributed by atoms with Gasteiger partial charge in [0.05, 0.1) is 11.4 Å². The molecule has 2 aromatic rings. The van der Waals surface area contributed by atoms with Crippen LogP contribution >= 0.6 is 0 Å². The number of benzene rings is 2. The summed E-state index contributed by atoms with van der Waals surface area (Å²) in [6.45, 7) is 6.70. The molecule has 2 aliphatic rings. The van der Waals surface area contributed by atoms with Gasteiger partial charge >= 0.3 is 12.1 Å². The minimum absolute atomic E-state index is 0.0968. The van der Waals surface area contributed by atoms with Gasteiger partial charge in [-0.15, -0.1) is 0 Å². The molecule has 2 aromatic carbocycles. The molecule has 3 N–H and O–H groups in total. The Morgan fingerprint density at radius 2 is 1.84 bits per heavy atom. The van der Waals surface area contributed by atoms with E-state index in [2.05, 4.69) is 12.2 Å². The van der Waals surface area contributed by atoms with Crippen LogP contribution in [0.25, 0.3) is 0 Å². The van der Waals surface area contributed by atoms with E-state index in [1.54, 1.807) is 0 Å². The second-order valence-corrected chi connectivity index (χ2v) is 9.42. The molecule has 31 heavy (non-hydrogen) atoms. The Balaban J connectivity index is 1.77. The van der Waals surface area contributed by atoms with Gasteiger partial charge in [0.2, 0.25) is 0 Å². The molecule has 166 valence electrons. The standard InChI is InChI=1S/C24H28F3N3O/c1-22(2)19-13-16-17(23(22,3)11-12-30(19)21(31)24(25,26)27)9-10-18(28)20(16)29-14-15-7-5-4-6-8-15/h4-10,19,29H,11-14,28H2,1-3H3/t19-,23?/m1/s1. The number of likely N-dealkylation sites (tertiary alicyclic amines) is 1. The van der Waals surface area contributed by atoms with Crippen LogP contribution in [0.4, 0.5) is 24.5 Å². The highest BCUT2D eigenvalue weighted by Gasteiger charge is 2.59. The van der Waals surface area contributed by atoms with Crippen molar-refractivity contribution in [3.8, 4) is 0 Å². The molecular weight excluding hydrogens is 403 g/mol. The van der Waals surface area contributed by atoms with Gasteiger partial charge in [-0.3, -0.25) is 4.79 Å². The zero-order chi connectivity index (χ0) is 22.6. The Kier molecular flexibility index (Phi) is 4.98. The molecule has 7 heteroatoms. The summed E-state index contributed by atoms with van der Waals surface area (Å²) in [6.07, 6.45) is -4.08. The zero-order valence-electron chi connectivity index (χ0n) is 18.0. The number of carbonyl (C=O) groups is 1. The van der Waals surface area contributed by atoms with E-state index < -0.39 is 23.5 Å². The summed E-state index contributed by atoms with van der Waals surface area (Å²) in [5.41, 5.74) is 9.84. The van der Waals surface area contributed by atoms with Crippen molar-refractivity contribution in [3.63, 3.8) is 0 Å². The van der Waals surface area contributed by atoms with Crippen molar-refractivity contribution in [2.75, 3.05) is 17.6 Å². The highest BCUT2D eigenvalue weighted by Crippen LogP contribution is 2.58. The number of nitrogens with two attached hydrogens (primary N) is 1. The van der Waals surface area contributed by atoms with Gasteiger partial charge in [-0.05, 0) is 41.0 Å². The van der Waals surface area contributed by atoms with Gasteiger partial charge < -0.3 is 16.0 Å². The van der Waals surface area contributed by atoms with Crippen molar-refractivity contribution in [1.82, 2.24) is 4.90 Å². The summed E-state index contributed by atoms with van der Waals surface area (Å²) in [5, 5.41) is 3.41. The zero-order valence-corrected chi connectivity index (χ0v) is 18.0. The van der Waals surface area contributed by atoms with Gasteiger partial charge in [-0.25, -0.2) is 0 Å². The van der Waals surface area contributed by atoms with Gasteiger partial charge in [0.1, 0.15) is 0 Å². The molecular formula is C24H28F3N3O. The highest BCUT2D eigenvalue weighted by molar-refractivity contribution is 5.83. The molecule has 1 fully saturated rings. The Bertz CT molecular complexity index is 1000. The summed E-state index contributed by atoms with van der Waals surface area (Å²) >= 11 is 0. The van der Waals surface area contributed by atoms with E-state index in [-0.39, 0.29) is 12.0 Å². The fourth-order valence-corrected chi connectivity index (χ4v) is 5.42. The lowest BCUT2D eigenvalue weighted by Gasteiger charge is -2.61. The molecule has 2 atom stereocenters. The predicted octanol–water partition coefficient (Wildman–Crippen LogP) is 4.88. The summed E-state index contributed by atoms with van der Waals surface area (Å²) < 4.78 is 40.0. The van der Waals surface area contributed by atoms with E-state index in [4.69, 9.17) is 5.73 Å². The predicted molar refractivity (Wildman–Crippen MR) is 116 cm³/mol. The number of rotatable bonds is 3. The number of halogens is 3. The van der Waals surface area contributed by atoms with Crippen LogP contribution in [-0.2, 0) is 23.2 Å². The van der Waals surface area contributed by atoms with E-state index in [1.165, 1.54) is 0 Å². The van der Waals surface area contributed by atoms with Gasteiger partial charge in [-0.1, -0.05) is 57.2 Å². The topological polar surface area (TPSA) is 58.4 Å². The molecule has 1 aliphatic carbocycles. The molecule has 1 unspecified atom stereocenters. The first-order chi connectivity index (χ1) is 14.5. The summed E-state index contributed by atoms with van der Waals surface area (Å²) in [5.74, 6) is -1.75. The number of piperidine rings is 1. The minimum Gasteiger partial charge on any atom is -0.397 e. The number of anilines is 2. The third-order valence-electron chi connectivity index (χ3n) is 7.64. The number of nitrogens with one attached hydrogen (secondary N) is 1. The molecule has 1 amide bonds. The second-order valence-electron chi connectivity index (χ2n) is 9.42. The van der Waals surface area contributed by atoms with E-state index in [9.17, 15) is 18.0 Å². The van der Waals surface area contributed by atoms with Crippen LogP contribution in [0.3, 0.4) is 0 Å². The van der Waals surface area contributed by atoms with Crippen molar-refractivity contribution in [2.24, 2.45) is 5.41 Å². The Morgan fingerprint density at radius 3 is 2.48 bits per heavy atom. The SMILES string of the molecule is CC12CCN(C(=O)C(F)(F)F)[C@H](Cc3c1ccc(N)c3NCc1ccccc1)C2(C)C. The molecule has 4 nitrogen and oxygen atoms in total. The van der Waals surface area contributed by atoms with Gasteiger partial charge in [0.15, 0.2) is 0 Å². The van der Waals surface area contributed by atoms with Crippen LogP contribution < -0.4 is 11.1 Å². The fraction of sp³-hybridized carbons (Fsp3) is 0.458. The van der Waals surface area contributed by atoms with Crippen LogP contribution in [0.1, 0.15) is 43.9 Å². The number of fused-ring (bicyclic) bond motifs is 4. The molecule has 4 rings (SSSR count). The van der Waals surface area contributed by atoms with E-state index in [0.717, 1.165) is 27.3 Å². The molecule has 0 radical (unpaired) electrons. The normalized spacial score (nSPS) is 24.5. The van der Waals surface area contributed by atoms with Gasteiger partial charge in [0.25, 0.3) is 0 Å². The van der Waals surface area contributed by atoms with E-state index in [0.29, 0.717) is 25.1 Å². The maximum atomic E-state index is 13.3. The van der Waals surface area contributed by atoms with Crippen molar-refractivity contribution in [1.29, 1.82) is 0 Å². The van der Waals surface area contributed by atoms with Crippen LogP contribution in [0, 0.1) is 5.41 Å². The van der Waals surface area contributed by atoms with Crippen molar-refractivity contribution >= 4 is 17.3 Å². The van der Waals surface area contributed by atoms with Crippen LogP contribution in [0.2, 0.25) is 0 Å². The largest absolute Gasteiger partial charge is 0.471 e. The maximum absolute atomic E-state index is 13.3. The maximum Gasteiger partial charge on any atom is 0.471 e. The monoisotopic (exact) mass is 431 g/mol. The lowest BCUT2D eigenvalue weighted by molar-refractivity contribution is -0.195. The molecule has 1 saturated heterocycles. The number of hydrogen-bond donors (Lipinski definition) is 2. The Hall–Kier alpha value is -2.70. The molecule has 0 spiro atoms. The summed E-state index contributed by atoms with van der Waals surface area (Å²) in [7, 11) is 0. The second kappa shape index (κ2) is 7.18. The summed E-state index contributed by atoms with van der Waals surface area (Å²) in [6, 6.07) is 13.2. The smallest absolute Gasteiger partial charge is 0.397 e. The van der Waals surface area contributed by atoms with Gasteiger partial charge in [-0.2, -0.15) is 13.2 Å². The van der Waals surface area contributed by atoms with Crippen molar-refractivity contribution in [2.45, 2.75) is 57.8 Å². The number of nitrogen functional groups attached to an aromatic ring is 1. The van der Waals surface area contributed by atoms with Crippen LogP contribution in [-0.4, -0.2) is 29.6 Å². The lowest BCUT2D eigenvalue weighted by atomic mass is 9.50. The first-order valence-corrected chi connectivity index (χ1v) is 10.5. The first-order valence-electron chi connectivity index (χ1n) is 10.5. The molecule has 0 saturated carbocycles. The molecule has 1 aliphatic heterocycles. The number of carbonyl (C=O) groups excluding carboxylic acids is 1. The minimum atomic E-state index is -4.88. The first kappa shape index (κ1) is 21.5. The number of alkyl halides is 3. The van der Waals surface area contributed by atoms with Crippen LogP contribution in [0.5, 0.6) is 0 Å². The quantitative estimate of drug-likeness (QED) is 0.681. The molecule has 1 heterocycles. The van der Waals surface area contributed by atoms with E-state index in [1.807, 2.05) is 56.3 Å². The van der Waals surface area contributed by atoms with Gasteiger partial charge in [0, 0.05) is 24.5 Å². The summed E-state index contributed by atoms with van der Waals surface area (Å²) in [4.78, 5) is 13.3. The van der Waals surface area contributed by atoms with Crippen molar-refractivity contribution in [3.05, 3.63) is 59.2 Å². The van der Waals surface area contributed by atoms with Crippen LogP contribution in [0.15, 0.2) is 42.5 Å². The van der Waals surface area contributed by atoms with E-state index >= 15 is 0 Å². The Labute approximate surface area is 180 Å². The Morgan fingerprint density at radius 1 is 1.16 bits per heavy atom. The number of amides is 1. The number of nitrogens with zero attached hydrogens (tertiary/aromatic N) is 1. The fourth-order valence-electron chi connectivity index (χ4n) is 5.42. The van der Waals surface area contributed by atoms with Crippen molar-refractivity contribution < 1.29 is 18.0 Å². The number of hydrogen-bond acceptors (Lipinski definition) is 3. The third kappa shape index (κ3) is 3.34. The lowest BCUT2D eigenvalue weighted by Crippen LogP contribution is -2.66. The average Bonchev–Trinajstić information content (AvgIpc) is 2.69. The highest BCUT2D eigenvalue weighted by atomic mass is 19.4.